The van der Waals surface area contributed by atoms with Gasteiger partial charge in [-0.2, -0.15) is 5.26 Å². The number of hydrogen-bond acceptors (Lipinski definition) is 4. The lowest BCUT2D eigenvalue weighted by atomic mass is 10.0. The molecule has 0 bridgehead atoms. The van der Waals surface area contributed by atoms with Crippen LogP contribution in [0.3, 0.4) is 0 Å². The van der Waals surface area contributed by atoms with Crippen LogP contribution in [-0.4, -0.2) is 59.5 Å². The van der Waals surface area contributed by atoms with Gasteiger partial charge in [-0.25, -0.2) is 4.79 Å². The van der Waals surface area contributed by atoms with Gasteiger partial charge < -0.3 is 14.5 Å². The van der Waals surface area contributed by atoms with Gasteiger partial charge in [0.05, 0.1) is 19.1 Å². The highest BCUT2D eigenvalue weighted by Gasteiger charge is 2.31. The minimum atomic E-state index is -0.605. The van der Waals surface area contributed by atoms with Crippen LogP contribution < -0.4 is 0 Å². The van der Waals surface area contributed by atoms with Crippen molar-refractivity contribution in [3.8, 4) is 6.07 Å². The number of amides is 2. The number of nitriles is 1. The van der Waals surface area contributed by atoms with Crippen molar-refractivity contribution in [1.82, 2.24) is 9.80 Å². The van der Waals surface area contributed by atoms with Gasteiger partial charge >= 0.3 is 6.09 Å². The molecular weight excluding hydrogens is 294 g/mol. The molecule has 118 valence electrons. The average molecular weight is 316 g/mol. The van der Waals surface area contributed by atoms with Crippen molar-refractivity contribution >= 4 is 23.6 Å². The molecule has 0 aromatic rings. The van der Waals surface area contributed by atoms with Crippen LogP contribution in [0.4, 0.5) is 4.79 Å². The number of carbonyl (C=O) groups is 2. The van der Waals surface area contributed by atoms with Crippen LogP contribution in [-0.2, 0) is 9.53 Å². The van der Waals surface area contributed by atoms with Crippen LogP contribution in [0.5, 0.6) is 0 Å². The van der Waals surface area contributed by atoms with Crippen LogP contribution in [0, 0.1) is 11.3 Å². The Labute approximate surface area is 130 Å². The fourth-order valence-electron chi connectivity index (χ4n) is 2.45. The zero-order valence-corrected chi connectivity index (χ0v) is 13.3. The highest BCUT2D eigenvalue weighted by Crippen LogP contribution is 2.19. The summed E-state index contributed by atoms with van der Waals surface area (Å²) >= 11 is 5.88. The van der Waals surface area contributed by atoms with Crippen molar-refractivity contribution in [2.24, 2.45) is 0 Å². The van der Waals surface area contributed by atoms with E-state index in [4.69, 9.17) is 21.6 Å². The Balaban J connectivity index is 2.60. The lowest BCUT2D eigenvalue weighted by Gasteiger charge is -2.38. The number of carbonyl (C=O) groups excluding carboxylic acids is 2. The molecule has 2 amide bonds. The average Bonchev–Trinajstić information content (AvgIpc) is 2.48. The molecule has 1 rings (SSSR count). The molecular formula is C14H22ClN3O3. The first kappa shape index (κ1) is 17.6. The van der Waals surface area contributed by atoms with Gasteiger partial charge in [-0.3, -0.25) is 4.79 Å². The van der Waals surface area contributed by atoms with Crippen LogP contribution in [0.1, 0.15) is 33.1 Å². The standard InChI is InChI=1S/C14H22ClN3O3/c1-3-21-14(20)17-9-5-12(6-10-17)18(8-4-7-16)13(19)11(2)15/h11-12H,3-6,8-10H2,1-2H3. The Morgan fingerprint density at radius 1 is 1.48 bits per heavy atom. The third kappa shape index (κ3) is 5.09. The summed E-state index contributed by atoms with van der Waals surface area (Å²) in [4.78, 5) is 27.1. The Morgan fingerprint density at radius 3 is 2.57 bits per heavy atom. The molecule has 6 nitrogen and oxygen atoms in total. The van der Waals surface area contributed by atoms with Gasteiger partial charge in [0.1, 0.15) is 5.38 Å². The zero-order valence-electron chi connectivity index (χ0n) is 12.5. The van der Waals surface area contributed by atoms with Gasteiger partial charge in [-0.1, -0.05) is 0 Å². The predicted octanol–water partition coefficient (Wildman–Crippen LogP) is 1.98. The van der Waals surface area contributed by atoms with E-state index >= 15 is 0 Å². The second kappa shape index (κ2) is 8.73. The van der Waals surface area contributed by atoms with Crippen LogP contribution in [0.15, 0.2) is 0 Å². The summed E-state index contributed by atoms with van der Waals surface area (Å²) < 4.78 is 4.97. The Kier molecular flexibility index (Phi) is 7.30. The molecule has 1 aliphatic rings. The van der Waals surface area contributed by atoms with E-state index in [0.717, 1.165) is 0 Å². The van der Waals surface area contributed by atoms with Crippen molar-refractivity contribution in [1.29, 1.82) is 5.26 Å². The third-order valence-corrected chi connectivity index (χ3v) is 3.71. The van der Waals surface area contributed by atoms with Crippen molar-refractivity contribution in [2.75, 3.05) is 26.2 Å². The van der Waals surface area contributed by atoms with Crippen molar-refractivity contribution in [2.45, 2.75) is 44.5 Å². The SMILES string of the molecule is CCOC(=O)N1CCC(N(CCC#N)C(=O)C(C)Cl)CC1. The summed E-state index contributed by atoms with van der Waals surface area (Å²) in [5, 5.41) is 8.11. The fourth-order valence-corrected chi connectivity index (χ4v) is 2.57. The largest absolute Gasteiger partial charge is 0.450 e. The smallest absolute Gasteiger partial charge is 0.409 e. The van der Waals surface area contributed by atoms with E-state index < -0.39 is 5.38 Å². The summed E-state index contributed by atoms with van der Waals surface area (Å²) in [7, 11) is 0. The minimum Gasteiger partial charge on any atom is -0.450 e. The van der Waals surface area contributed by atoms with Crippen LogP contribution >= 0.6 is 11.6 Å². The van der Waals surface area contributed by atoms with E-state index in [2.05, 4.69) is 6.07 Å². The number of piperidine rings is 1. The highest BCUT2D eigenvalue weighted by atomic mass is 35.5. The highest BCUT2D eigenvalue weighted by molar-refractivity contribution is 6.30. The van der Waals surface area contributed by atoms with Crippen molar-refractivity contribution in [3.05, 3.63) is 0 Å². The molecule has 1 atom stereocenters. The van der Waals surface area contributed by atoms with E-state index in [1.165, 1.54) is 0 Å². The third-order valence-electron chi connectivity index (χ3n) is 3.52. The van der Waals surface area contributed by atoms with E-state index in [0.29, 0.717) is 39.1 Å². The zero-order chi connectivity index (χ0) is 15.8. The Bertz CT molecular complexity index is 401. The Hall–Kier alpha value is -1.48. The lowest BCUT2D eigenvalue weighted by molar-refractivity contribution is -0.133. The molecule has 0 radical (unpaired) electrons. The molecule has 21 heavy (non-hydrogen) atoms. The Morgan fingerprint density at radius 2 is 2.10 bits per heavy atom. The maximum absolute atomic E-state index is 12.1. The molecule has 1 aliphatic heterocycles. The van der Waals surface area contributed by atoms with E-state index in [-0.39, 0.29) is 24.5 Å². The number of halogens is 1. The number of ether oxygens (including phenoxy) is 1. The van der Waals surface area contributed by atoms with Gasteiger partial charge in [0, 0.05) is 25.7 Å². The quantitative estimate of drug-likeness (QED) is 0.727. The fraction of sp³-hybridized carbons (Fsp3) is 0.786. The molecule has 0 aromatic carbocycles. The molecule has 1 saturated heterocycles. The summed E-state index contributed by atoms with van der Waals surface area (Å²) in [6.07, 6.45) is 1.34. The number of alkyl halides is 1. The van der Waals surface area contributed by atoms with Gasteiger partial charge in [-0.05, 0) is 26.7 Å². The maximum atomic E-state index is 12.1. The number of nitrogens with zero attached hydrogens (tertiary/aromatic N) is 3. The van der Waals surface area contributed by atoms with E-state index in [9.17, 15) is 9.59 Å². The van der Waals surface area contributed by atoms with Crippen LogP contribution in [0.2, 0.25) is 0 Å². The summed E-state index contributed by atoms with van der Waals surface area (Å²) in [6.45, 7) is 5.25. The molecule has 0 spiro atoms. The van der Waals surface area contributed by atoms with Gasteiger partial charge in [-0.15, -0.1) is 11.6 Å². The molecule has 0 saturated carbocycles. The molecule has 1 unspecified atom stereocenters. The summed E-state index contributed by atoms with van der Waals surface area (Å²) in [6, 6.07) is 2.08. The molecule has 0 aromatic heterocycles. The number of rotatable bonds is 5. The molecule has 0 aliphatic carbocycles. The lowest BCUT2D eigenvalue weighted by Crippen LogP contribution is -2.50. The molecule has 7 heteroatoms. The number of likely N-dealkylation sites (tertiary alicyclic amines) is 1. The first-order chi connectivity index (χ1) is 10.0. The number of hydrogen-bond donors (Lipinski definition) is 0. The second-order valence-electron chi connectivity index (χ2n) is 4.97. The molecule has 1 fully saturated rings. The first-order valence-electron chi connectivity index (χ1n) is 7.24. The monoisotopic (exact) mass is 315 g/mol. The van der Waals surface area contributed by atoms with E-state index in [1.54, 1.807) is 23.6 Å². The van der Waals surface area contributed by atoms with Gasteiger partial charge in [0.25, 0.3) is 0 Å². The maximum Gasteiger partial charge on any atom is 0.409 e. The second-order valence-corrected chi connectivity index (χ2v) is 5.63. The van der Waals surface area contributed by atoms with Crippen LogP contribution in [0.25, 0.3) is 0 Å². The topological polar surface area (TPSA) is 73.6 Å². The predicted molar refractivity (Wildman–Crippen MR) is 78.9 cm³/mol. The molecule has 0 N–H and O–H groups in total. The summed E-state index contributed by atoms with van der Waals surface area (Å²) in [5.41, 5.74) is 0. The van der Waals surface area contributed by atoms with E-state index in [1.807, 2.05) is 0 Å². The van der Waals surface area contributed by atoms with Crippen molar-refractivity contribution < 1.29 is 14.3 Å². The summed E-state index contributed by atoms with van der Waals surface area (Å²) in [5.74, 6) is -0.151. The van der Waals surface area contributed by atoms with Gasteiger partial charge in [0.15, 0.2) is 0 Å². The van der Waals surface area contributed by atoms with Crippen molar-refractivity contribution in [3.63, 3.8) is 0 Å². The normalized spacial score (nSPS) is 17.0. The van der Waals surface area contributed by atoms with Gasteiger partial charge in [0.2, 0.25) is 5.91 Å². The first-order valence-corrected chi connectivity index (χ1v) is 7.68. The molecule has 1 heterocycles. The minimum absolute atomic E-state index is 0.0257.